The van der Waals surface area contributed by atoms with Gasteiger partial charge in [0.2, 0.25) is 0 Å². The summed E-state index contributed by atoms with van der Waals surface area (Å²) in [4.78, 5) is 4.20. The molecule has 1 unspecified atom stereocenters. The molecular formula is C15H28N6. The van der Waals surface area contributed by atoms with E-state index in [-0.39, 0.29) is 0 Å². The number of hydrogen-bond donors (Lipinski definition) is 1. The molecule has 1 aliphatic carbocycles. The summed E-state index contributed by atoms with van der Waals surface area (Å²) in [6.07, 6.45) is 6.67. The Morgan fingerprint density at radius 1 is 1.29 bits per heavy atom. The van der Waals surface area contributed by atoms with Crippen molar-refractivity contribution < 1.29 is 0 Å². The van der Waals surface area contributed by atoms with E-state index in [1.165, 1.54) is 32.1 Å². The van der Waals surface area contributed by atoms with E-state index < -0.39 is 0 Å². The Kier molecular flexibility index (Phi) is 4.26. The van der Waals surface area contributed by atoms with Crippen LogP contribution in [0.4, 0.5) is 0 Å². The van der Waals surface area contributed by atoms with Gasteiger partial charge < -0.3 is 5.32 Å². The summed E-state index contributed by atoms with van der Waals surface area (Å²) >= 11 is 0. The summed E-state index contributed by atoms with van der Waals surface area (Å²) in [5, 5.41) is 16.4. The second kappa shape index (κ2) is 6.01. The normalized spacial score (nSPS) is 26.6. The Morgan fingerprint density at radius 3 is 2.67 bits per heavy atom. The van der Waals surface area contributed by atoms with Gasteiger partial charge in [0.15, 0.2) is 5.82 Å². The highest BCUT2D eigenvalue weighted by atomic mass is 15.6. The number of tetrazole rings is 1. The van der Waals surface area contributed by atoms with Gasteiger partial charge in [0.1, 0.15) is 0 Å². The number of nitrogens with one attached hydrogen (secondary N) is 1. The van der Waals surface area contributed by atoms with E-state index in [0.717, 1.165) is 25.5 Å². The second-order valence-electron chi connectivity index (χ2n) is 7.09. The summed E-state index contributed by atoms with van der Waals surface area (Å²) in [5.41, 5.74) is 0.308. The van der Waals surface area contributed by atoms with Crippen molar-refractivity contribution in [2.45, 2.75) is 64.1 Å². The first-order valence-electron chi connectivity index (χ1n) is 8.30. The number of piperazine rings is 1. The lowest BCUT2D eigenvalue weighted by Crippen LogP contribution is -2.65. The van der Waals surface area contributed by atoms with Crippen molar-refractivity contribution in [1.82, 2.24) is 30.4 Å². The van der Waals surface area contributed by atoms with E-state index in [1.54, 1.807) is 4.80 Å². The number of rotatable bonds is 3. The lowest BCUT2D eigenvalue weighted by atomic mass is 9.77. The fourth-order valence-electron chi connectivity index (χ4n) is 3.87. The maximum Gasteiger partial charge on any atom is 0.188 e. The average molecular weight is 292 g/mol. The maximum atomic E-state index is 4.39. The third-order valence-electron chi connectivity index (χ3n) is 5.25. The fourth-order valence-corrected chi connectivity index (χ4v) is 3.87. The molecule has 1 atom stereocenters. The average Bonchev–Trinajstić information content (AvgIpc) is 2.87. The van der Waals surface area contributed by atoms with Gasteiger partial charge >= 0.3 is 0 Å². The summed E-state index contributed by atoms with van der Waals surface area (Å²) in [6, 6.07) is 0.564. The van der Waals surface area contributed by atoms with Crippen LogP contribution in [0.3, 0.4) is 0 Å². The third kappa shape index (κ3) is 3.11. The van der Waals surface area contributed by atoms with Gasteiger partial charge in [0.05, 0.1) is 13.6 Å². The molecule has 1 saturated carbocycles. The van der Waals surface area contributed by atoms with Crippen LogP contribution in [0.5, 0.6) is 0 Å². The predicted molar refractivity (Wildman–Crippen MR) is 81.7 cm³/mol. The Hall–Kier alpha value is -1.01. The van der Waals surface area contributed by atoms with Crippen LogP contribution in [0.1, 0.15) is 51.8 Å². The van der Waals surface area contributed by atoms with Crippen LogP contribution in [-0.4, -0.2) is 49.8 Å². The minimum Gasteiger partial charge on any atom is -0.311 e. The molecule has 1 aliphatic heterocycles. The van der Waals surface area contributed by atoms with E-state index in [2.05, 4.69) is 39.5 Å². The van der Waals surface area contributed by atoms with Crippen molar-refractivity contribution in [3.05, 3.63) is 5.82 Å². The molecule has 1 N–H and O–H groups in total. The summed E-state index contributed by atoms with van der Waals surface area (Å²) in [5.74, 6) is 1.51. The highest BCUT2D eigenvalue weighted by molar-refractivity contribution is 5.02. The number of hydrogen-bond acceptors (Lipinski definition) is 5. The van der Waals surface area contributed by atoms with Crippen molar-refractivity contribution >= 4 is 0 Å². The van der Waals surface area contributed by atoms with Crippen LogP contribution >= 0.6 is 0 Å². The largest absolute Gasteiger partial charge is 0.311 e. The molecule has 0 amide bonds. The van der Waals surface area contributed by atoms with E-state index in [1.807, 2.05) is 7.05 Å². The molecule has 2 aliphatic rings. The molecule has 6 nitrogen and oxygen atoms in total. The van der Waals surface area contributed by atoms with Crippen LogP contribution in [0, 0.1) is 5.92 Å². The van der Waals surface area contributed by atoms with Gasteiger partial charge in [-0.1, -0.05) is 33.1 Å². The van der Waals surface area contributed by atoms with Gasteiger partial charge in [-0.05, 0) is 24.0 Å². The smallest absolute Gasteiger partial charge is 0.188 e. The fraction of sp³-hybridized carbons (Fsp3) is 0.933. The lowest BCUT2D eigenvalue weighted by Gasteiger charge is -2.52. The highest BCUT2D eigenvalue weighted by Crippen LogP contribution is 2.36. The molecule has 21 heavy (non-hydrogen) atoms. The summed E-state index contributed by atoms with van der Waals surface area (Å²) in [6.45, 7) is 7.63. The van der Waals surface area contributed by atoms with E-state index >= 15 is 0 Å². The van der Waals surface area contributed by atoms with Crippen molar-refractivity contribution in [3.8, 4) is 0 Å². The zero-order chi connectivity index (χ0) is 14.9. The summed E-state index contributed by atoms with van der Waals surface area (Å²) < 4.78 is 0. The molecular weight excluding hydrogens is 264 g/mol. The van der Waals surface area contributed by atoms with Crippen molar-refractivity contribution in [3.63, 3.8) is 0 Å². The summed E-state index contributed by atoms with van der Waals surface area (Å²) in [7, 11) is 1.83. The van der Waals surface area contributed by atoms with Crippen LogP contribution < -0.4 is 5.32 Å². The highest BCUT2D eigenvalue weighted by Gasteiger charge is 2.43. The quantitative estimate of drug-likeness (QED) is 0.911. The topological polar surface area (TPSA) is 58.9 Å². The van der Waals surface area contributed by atoms with Crippen LogP contribution in [0.2, 0.25) is 0 Å². The van der Waals surface area contributed by atoms with Crippen LogP contribution in [0.25, 0.3) is 0 Å². The van der Waals surface area contributed by atoms with E-state index in [9.17, 15) is 0 Å². The number of aryl methyl sites for hydroxylation is 1. The molecule has 3 rings (SSSR count). The molecule has 118 valence electrons. The minimum atomic E-state index is 0.308. The van der Waals surface area contributed by atoms with E-state index in [0.29, 0.717) is 17.5 Å². The second-order valence-corrected chi connectivity index (χ2v) is 7.09. The molecule has 1 spiro atoms. The molecule has 1 saturated heterocycles. The zero-order valence-electron chi connectivity index (χ0n) is 13.5. The van der Waals surface area contributed by atoms with Crippen molar-refractivity contribution in [1.29, 1.82) is 0 Å². The van der Waals surface area contributed by atoms with Gasteiger partial charge in [0, 0.05) is 24.7 Å². The number of aromatic nitrogens is 4. The van der Waals surface area contributed by atoms with Gasteiger partial charge in [-0.2, -0.15) is 4.80 Å². The lowest BCUT2D eigenvalue weighted by molar-refractivity contribution is -0.00597. The monoisotopic (exact) mass is 292 g/mol. The molecule has 2 fully saturated rings. The molecule has 0 bridgehead atoms. The third-order valence-corrected chi connectivity index (χ3v) is 5.25. The molecule has 1 aromatic heterocycles. The Morgan fingerprint density at radius 2 is 2.05 bits per heavy atom. The standard InChI is InChI=1S/C15H28N6/c1-12(2)13-9-21(10-14-17-19-20(3)18-14)15(11-16-13)7-5-4-6-8-15/h12-13,16H,4-11H2,1-3H3. The Labute approximate surface area is 127 Å². The van der Waals surface area contributed by atoms with Crippen molar-refractivity contribution in [2.24, 2.45) is 13.0 Å². The molecule has 2 heterocycles. The number of nitrogens with zero attached hydrogens (tertiary/aromatic N) is 5. The van der Waals surface area contributed by atoms with Gasteiger partial charge in [-0.25, -0.2) is 0 Å². The molecule has 0 aromatic carbocycles. The van der Waals surface area contributed by atoms with Gasteiger partial charge in [-0.3, -0.25) is 4.90 Å². The first-order valence-corrected chi connectivity index (χ1v) is 8.30. The SMILES string of the molecule is CC(C)C1CN(Cc2nnn(C)n2)C2(CCCCC2)CN1. The first kappa shape index (κ1) is 14.9. The van der Waals surface area contributed by atoms with Gasteiger partial charge in [-0.15, -0.1) is 10.2 Å². The van der Waals surface area contributed by atoms with E-state index in [4.69, 9.17) is 0 Å². The maximum absolute atomic E-state index is 4.39. The van der Waals surface area contributed by atoms with Crippen LogP contribution in [0.15, 0.2) is 0 Å². The molecule has 6 heteroatoms. The first-order chi connectivity index (χ1) is 10.1. The Bertz CT molecular complexity index is 462. The zero-order valence-corrected chi connectivity index (χ0v) is 13.5. The Balaban J connectivity index is 1.78. The van der Waals surface area contributed by atoms with Crippen LogP contribution in [-0.2, 0) is 13.6 Å². The predicted octanol–water partition coefficient (Wildman–Crippen LogP) is 1.34. The molecule has 0 radical (unpaired) electrons. The van der Waals surface area contributed by atoms with Crippen molar-refractivity contribution in [2.75, 3.05) is 13.1 Å². The van der Waals surface area contributed by atoms with Gasteiger partial charge in [0.25, 0.3) is 0 Å². The minimum absolute atomic E-state index is 0.308. The molecule has 1 aromatic rings.